The van der Waals surface area contributed by atoms with E-state index in [0.29, 0.717) is 43.1 Å². The van der Waals surface area contributed by atoms with Gasteiger partial charge in [0.25, 0.3) is 0 Å². The maximum atomic E-state index is 13.7. The van der Waals surface area contributed by atoms with Gasteiger partial charge in [0.15, 0.2) is 0 Å². The van der Waals surface area contributed by atoms with Crippen molar-refractivity contribution in [2.75, 3.05) is 24.8 Å². The minimum Gasteiger partial charge on any atom is -0.481 e. The maximum Gasteiger partial charge on any atom is 0.356 e. The molecular weight excluding hydrogens is 591 g/mol. The molecule has 1 aromatic heterocycles. The Hall–Kier alpha value is -4.01. The van der Waals surface area contributed by atoms with Gasteiger partial charge in [-0.05, 0) is 53.9 Å². The van der Waals surface area contributed by atoms with E-state index in [1.165, 1.54) is 0 Å². The summed E-state index contributed by atoms with van der Waals surface area (Å²) >= 11 is 0. The summed E-state index contributed by atoms with van der Waals surface area (Å²) in [6, 6.07) is 29.7. The number of aromatic nitrogens is 1. The summed E-state index contributed by atoms with van der Waals surface area (Å²) in [6.45, 7) is 5.76. The van der Waals surface area contributed by atoms with E-state index >= 15 is 0 Å². The molecule has 1 aliphatic heterocycles. The van der Waals surface area contributed by atoms with Gasteiger partial charge >= 0.3 is 13.6 Å². The number of aliphatic carboxylic acids is 1. The quantitative estimate of drug-likeness (QED) is 0.0977. The van der Waals surface area contributed by atoms with Gasteiger partial charge in [-0.2, -0.15) is 0 Å². The second-order valence-electron chi connectivity index (χ2n) is 12.0. The summed E-state index contributed by atoms with van der Waals surface area (Å²) in [4.78, 5) is 24.7. The summed E-state index contributed by atoms with van der Waals surface area (Å²) in [7, 11) is -3.57. The molecule has 236 valence electrons. The molecule has 1 unspecified atom stereocenters. The third kappa shape index (κ3) is 8.59. The number of ketones is 1. The van der Waals surface area contributed by atoms with E-state index < -0.39 is 19.5 Å². The normalized spacial score (nSPS) is 14.7. The number of fused-ring (bicyclic) bond motifs is 1. The van der Waals surface area contributed by atoms with Crippen molar-refractivity contribution in [1.82, 2.24) is 4.57 Å². The Kier molecular flexibility index (Phi) is 10.4. The fourth-order valence-corrected chi connectivity index (χ4v) is 6.44. The van der Waals surface area contributed by atoms with Gasteiger partial charge in [0.05, 0.1) is 31.4 Å². The fourth-order valence-electron chi connectivity index (χ4n) is 5.21. The van der Waals surface area contributed by atoms with Crippen molar-refractivity contribution in [2.24, 2.45) is 5.41 Å². The van der Waals surface area contributed by atoms with Gasteiger partial charge in [0, 0.05) is 35.4 Å². The van der Waals surface area contributed by atoms with Crippen LogP contribution in [0, 0.1) is 5.41 Å². The number of hydrogen-bond donors (Lipinski definition) is 2. The molecule has 3 aromatic carbocycles. The van der Waals surface area contributed by atoms with E-state index in [-0.39, 0.29) is 30.8 Å². The van der Waals surface area contributed by atoms with E-state index in [1.807, 2.05) is 91.2 Å². The summed E-state index contributed by atoms with van der Waals surface area (Å²) in [5.41, 5.74) is 4.01. The number of carbonyl (C=O) groups is 2. The molecule has 0 bridgehead atoms. The van der Waals surface area contributed by atoms with Crippen molar-refractivity contribution >= 4 is 25.0 Å². The van der Waals surface area contributed by atoms with Crippen LogP contribution in [0.25, 0.3) is 0 Å². The largest absolute Gasteiger partial charge is 0.481 e. The van der Waals surface area contributed by atoms with Gasteiger partial charge in [-0.15, -0.1) is 0 Å². The van der Waals surface area contributed by atoms with E-state index in [0.717, 1.165) is 16.8 Å². The van der Waals surface area contributed by atoms with Crippen molar-refractivity contribution < 1.29 is 33.0 Å². The molecule has 9 nitrogen and oxygen atoms in total. The first-order valence-electron chi connectivity index (χ1n) is 15.0. The van der Waals surface area contributed by atoms with E-state index in [9.17, 15) is 19.3 Å². The van der Waals surface area contributed by atoms with Gasteiger partial charge in [-0.25, -0.2) is 0 Å². The van der Waals surface area contributed by atoms with Crippen molar-refractivity contribution in [2.45, 2.75) is 45.9 Å². The molecule has 0 saturated carbocycles. The average molecular weight is 631 g/mol. The highest BCUT2D eigenvalue weighted by Gasteiger charge is 2.32. The van der Waals surface area contributed by atoms with Crippen LogP contribution in [0.5, 0.6) is 0 Å². The third-order valence-corrected chi connectivity index (χ3v) is 9.29. The molecule has 10 heteroatoms. The van der Waals surface area contributed by atoms with Crippen LogP contribution in [-0.4, -0.2) is 40.9 Å². The molecule has 0 aliphatic carbocycles. The standard InChI is InChI=1S/C35H39N2O7P/c1-35(2,24-42-25-45(41,43-21-26-9-5-3-6-10-26)44-22-27-11-7-4-8-12-27)23-36-29-15-13-28(14-16-29)33(38)32-18-17-31-30(34(39)40)19-20-37(31)32/h3-18,30,36H,19-25H2,1-2H3,(H,39,40). The highest BCUT2D eigenvalue weighted by Crippen LogP contribution is 2.50. The molecule has 0 saturated heterocycles. The SMILES string of the molecule is CC(C)(CNc1ccc(C(=O)c2ccc3n2CCC3C(=O)O)cc1)COCP(=O)(OCc1ccccc1)OCc1ccccc1. The predicted molar refractivity (Wildman–Crippen MR) is 172 cm³/mol. The lowest BCUT2D eigenvalue weighted by Gasteiger charge is -2.27. The Labute approximate surface area is 263 Å². The minimum atomic E-state index is -3.57. The lowest BCUT2D eigenvalue weighted by molar-refractivity contribution is -0.138. The van der Waals surface area contributed by atoms with Crippen LogP contribution in [0.4, 0.5) is 5.69 Å². The number of carboxylic acids is 1. The second kappa shape index (κ2) is 14.4. The monoisotopic (exact) mass is 630 g/mol. The lowest BCUT2D eigenvalue weighted by Crippen LogP contribution is -2.28. The van der Waals surface area contributed by atoms with Gasteiger partial charge < -0.3 is 28.8 Å². The molecule has 0 spiro atoms. The van der Waals surface area contributed by atoms with E-state index in [1.54, 1.807) is 24.3 Å². The number of nitrogens with zero attached hydrogens (tertiary/aromatic N) is 1. The molecule has 45 heavy (non-hydrogen) atoms. The van der Waals surface area contributed by atoms with Gasteiger partial charge in [0.1, 0.15) is 6.35 Å². The van der Waals surface area contributed by atoms with Crippen LogP contribution in [0.1, 0.15) is 59.1 Å². The molecule has 2 N–H and O–H groups in total. The van der Waals surface area contributed by atoms with Crippen LogP contribution in [-0.2, 0) is 42.9 Å². The molecule has 1 atom stereocenters. The first kappa shape index (κ1) is 32.4. The molecule has 2 heterocycles. The summed E-state index contributed by atoms with van der Waals surface area (Å²) < 4.78 is 33.1. The zero-order valence-electron chi connectivity index (χ0n) is 25.6. The first-order chi connectivity index (χ1) is 21.6. The van der Waals surface area contributed by atoms with E-state index in [4.69, 9.17) is 13.8 Å². The Morgan fingerprint density at radius 3 is 2.07 bits per heavy atom. The Balaban J connectivity index is 1.13. The Morgan fingerprint density at radius 2 is 1.49 bits per heavy atom. The topological polar surface area (TPSA) is 116 Å². The van der Waals surface area contributed by atoms with Gasteiger partial charge in [-0.3, -0.25) is 14.2 Å². The number of carboxylic acid groups (broad SMARTS) is 1. The summed E-state index contributed by atoms with van der Waals surface area (Å²) in [5.74, 6) is -1.57. The second-order valence-corrected chi connectivity index (χ2v) is 14.0. The molecule has 0 fully saturated rings. The van der Waals surface area contributed by atoms with Crippen LogP contribution < -0.4 is 5.32 Å². The van der Waals surface area contributed by atoms with Crippen molar-refractivity contribution in [1.29, 1.82) is 0 Å². The Bertz CT molecular complexity index is 1590. The number of nitrogens with one attached hydrogen (secondary N) is 1. The fraction of sp³-hybridized carbons (Fsp3) is 0.314. The summed E-state index contributed by atoms with van der Waals surface area (Å²) in [6.07, 6.45) is 0.316. The zero-order chi connectivity index (χ0) is 31.9. The molecule has 5 rings (SSSR count). The van der Waals surface area contributed by atoms with Crippen LogP contribution in [0.3, 0.4) is 0 Å². The van der Waals surface area contributed by atoms with Crippen molar-refractivity contribution in [3.8, 4) is 0 Å². The van der Waals surface area contributed by atoms with Crippen LogP contribution in [0.2, 0.25) is 0 Å². The van der Waals surface area contributed by atoms with E-state index in [2.05, 4.69) is 5.32 Å². The first-order valence-corrected chi connectivity index (χ1v) is 16.7. The number of hydrogen-bond acceptors (Lipinski definition) is 7. The highest BCUT2D eigenvalue weighted by molar-refractivity contribution is 7.53. The maximum absolute atomic E-state index is 13.7. The lowest BCUT2D eigenvalue weighted by atomic mass is 9.95. The average Bonchev–Trinajstić information content (AvgIpc) is 3.66. The molecular formula is C35H39N2O7P. The van der Waals surface area contributed by atoms with Gasteiger partial charge in [-0.1, -0.05) is 74.5 Å². The number of benzene rings is 3. The number of ether oxygens (including phenoxy) is 1. The molecule has 0 amide bonds. The highest BCUT2D eigenvalue weighted by atomic mass is 31.2. The van der Waals surface area contributed by atoms with Crippen LogP contribution in [0.15, 0.2) is 97.1 Å². The number of anilines is 1. The minimum absolute atomic E-state index is 0.138. The zero-order valence-corrected chi connectivity index (χ0v) is 26.5. The molecule has 0 radical (unpaired) electrons. The Morgan fingerprint density at radius 1 is 0.889 bits per heavy atom. The van der Waals surface area contributed by atoms with Gasteiger partial charge in [0.2, 0.25) is 5.78 Å². The number of carbonyl (C=O) groups excluding carboxylic acids is 1. The van der Waals surface area contributed by atoms with Crippen LogP contribution >= 0.6 is 7.60 Å². The predicted octanol–water partition coefficient (Wildman–Crippen LogP) is 7.33. The third-order valence-electron chi connectivity index (χ3n) is 7.75. The summed E-state index contributed by atoms with van der Waals surface area (Å²) in [5, 5.41) is 12.8. The van der Waals surface area contributed by atoms with Crippen molar-refractivity contribution in [3.05, 3.63) is 125 Å². The van der Waals surface area contributed by atoms with Crippen molar-refractivity contribution in [3.63, 3.8) is 0 Å². The smallest absolute Gasteiger partial charge is 0.356 e. The molecule has 4 aromatic rings. The molecule has 1 aliphatic rings. The number of rotatable bonds is 16.